The zero-order chi connectivity index (χ0) is 13.0. The van der Waals surface area contributed by atoms with Crippen LogP contribution in [0.15, 0.2) is 4.52 Å². The second kappa shape index (κ2) is 5.44. The minimum atomic E-state index is -1.17. The molecule has 94 valence electrons. The fourth-order valence-corrected chi connectivity index (χ4v) is 1.27. The van der Waals surface area contributed by atoms with Gasteiger partial charge in [-0.15, -0.1) is 0 Å². The standard InChI is InChI=1S/C10H14N2O5/c1-5(2)9-8(6(3)11-17-9)10(15)12-16-4-7(13)14/h5H,4H2,1-3H3,(H,12,15)(H,13,14). The highest BCUT2D eigenvalue weighted by molar-refractivity contribution is 5.95. The lowest BCUT2D eigenvalue weighted by Crippen LogP contribution is -2.27. The van der Waals surface area contributed by atoms with E-state index in [9.17, 15) is 9.59 Å². The van der Waals surface area contributed by atoms with Crippen LogP contribution < -0.4 is 5.48 Å². The Hall–Kier alpha value is -1.89. The fraction of sp³-hybridized carbons (Fsp3) is 0.500. The number of amides is 1. The molecule has 0 bridgehead atoms. The Labute approximate surface area is 97.7 Å². The van der Waals surface area contributed by atoms with Crippen molar-refractivity contribution >= 4 is 11.9 Å². The van der Waals surface area contributed by atoms with E-state index in [1.54, 1.807) is 6.92 Å². The predicted molar refractivity (Wildman–Crippen MR) is 56.4 cm³/mol. The van der Waals surface area contributed by atoms with E-state index in [4.69, 9.17) is 9.63 Å². The third kappa shape index (κ3) is 3.28. The molecule has 2 N–H and O–H groups in total. The van der Waals surface area contributed by atoms with Crippen LogP contribution in [0.5, 0.6) is 0 Å². The van der Waals surface area contributed by atoms with E-state index in [0.29, 0.717) is 11.5 Å². The monoisotopic (exact) mass is 242 g/mol. The summed E-state index contributed by atoms with van der Waals surface area (Å²) in [6.45, 7) is 4.73. The van der Waals surface area contributed by atoms with Crippen LogP contribution in [-0.2, 0) is 9.63 Å². The van der Waals surface area contributed by atoms with E-state index in [-0.39, 0.29) is 11.5 Å². The number of aromatic nitrogens is 1. The van der Waals surface area contributed by atoms with Crippen LogP contribution >= 0.6 is 0 Å². The maximum Gasteiger partial charge on any atom is 0.332 e. The summed E-state index contributed by atoms with van der Waals surface area (Å²) in [6.07, 6.45) is 0. The van der Waals surface area contributed by atoms with E-state index in [0.717, 1.165) is 0 Å². The average molecular weight is 242 g/mol. The van der Waals surface area contributed by atoms with Crippen molar-refractivity contribution in [3.8, 4) is 0 Å². The van der Waals surface area contributed by atoms with Gasteiger partial charge in [-0.2, -0.15) is 0 Å². The molecule has 1 rings (SSSR count). The molecule has 1 aromatic rings. The van der Waals surface area contributed by atoms with Gasteiger partial charge in [0, 0.05) is 5.92 Å². The Bertz CT molecular complexity index is 424. The van der Waals surface area contributed by atoms with Crippen molar-refractivity contribution in [3.05, 3.63) is 17.0 Å². The number of hydrogen-bond donors (Lipinski definition) is 2. The second-order valence-electron chi connectivity index (χ2n) is 3.78. The van der Waals surface area contributed by atoms with Crippen molar-refractivity contribution in [2.45, 2.75) is 26.7 Å². The molecule has 0 spiro atoms. The number of nitrogens with one attached hydrogen (secondary N) is 1. The molecule has 0 aliphatic heterocycles. The van der Waals surface area contributed by atoms with Crippen LogP contribution in [0.25, 0.3) is 0 Å². The van der Waals surface area contributed by atoms with Crippen LogP contribution in [-0.4, -0.2) is 28.7 Å². The Balaban J connectivity index is 2.74. The van der Waals surface area contributed by atoms with Gasteiger partial charge in [-0.3, -0.25) is 9.63 Å². The smallest absolute Gasteiger partial charge is 0.332 e. The van der Waals surface area contributed by atoms with Gasteiger partial charge < -0.3 is 9.63 Å². The van der Waals surface area contributed by atoms with E-state index in [1.165, 1.54) is 0 Å². The zero-order valence-electron chi connectivity index (χ0n) is 9.81. The van der Waals surface area contributed by atoms with E-state index in [2.05, 4.69) is 9.99 Å². The SMILES string of the molecule is Cc1noc(C(C)C)c1C(=O)NOCC(=O)O. The Morgan fingerprint density at radius 3 is 2.71 bits per heavy atom. The van der Waals surface area contributed by atoms with Gasteiger partial charge in [-0.1, -0.05) is 19.0 Å². The summed E-state index contributed by atoms with van der Waals surface area (Å²) in [4.78, 5) is 26.4. The molecule has 0 aromatic carbocycles. The maximum atomic E-state index is 11.7. The molecule has 0 fully saturated rings. The van der Waals surface area contributed by atoms with Crippen molar-refractivity contribution in [1.29, 1.82) is 0 Å². The molecule has 0 aliphatic carbocycles. The van der Waals surface area contributed by atoms with Gasteiger partial charge in [-0.25, -0.2) is 10.3 Å². The first-order chi connectivity index (χ1) is 7.93. The largest absolute Gasteiger partial charge is 0.479 e. The molecule has 1 amide bonds. The number of hydrogen-bond acceptors (Lipinski definition) is 5. The van der Waals surface area contributed by atoms with Gasteiger partial charge in [0.05, 0.1) is 5.69 Å². The molecule has 0 unspecified atom stereocenters. The third-order valence-corrected chi connectivity index (χ3v) is 2.00. The molecule has 0 saturated heterocycles. The number of carboxylic acid groups (broad SMARTS) is 1. The number of aliphatic carboxylic acids is 1. The average Bonchev–Trinajstić information content (AvgIpc) is 2.59. The topological polar surface area (TPSA) is 102 Å². The second-order valence-corrected chi connectivity index (χ2v) is 3.78. The van der Waals surface area contributed by atoms with Gasteiger partial charge >= 0.3 is 5.97 Å². The normalized spacial score (nSPS) is 10.6. The van der Waals surface area contributed by atoms with Gasteiger partial charge in [0.25, 0.3) is 5.91 Å². The molecule has 0 atom stereocenters. The number of carbonyl (C=O) groups is 2. The summed E-state index contributed by atoms with van der Waals surface area (Å²) in [6, 6.07) is 0. The third-order valence-electron chi connectivity index (χ3n) is 2.00. The fourth-order valence-electron chi connectivity index (χ4n) is 1.27. The molecular formula is C10H14N2O5. The van der Waals surface area contributed by atoms with Crippen molar-refractivity contribution < 1.29 is 24.1 Å². The minimum absolute atomic E-state index is 0.00331. The highest BCUT2D eigenvalue weighted by atomic mass is 16.7. The lowest BCUT2D eigenvalue weighted by Gasteiger charge is -2.05. The molecule has 0 radical (unpaired) electrons. The molecular weight excluding hydrogens is 228 g/mol. The Kier molecular flexibility index (Phi) is 4.22. The first-order valence-corrected chi connectivity index (χ1v) is 5.03. The lowest BCUT2D eigenvalue weighted by molar-refractivity contribution is -0.144. The summed E-state index contributed by atoms with van der Waals surface area (Å²) in [5, 5.41) is 12.0. The van der Waals surface area contributed by atoms with Crippen molar-refractivity contribution in [2.75, 3.05) is 6.61 Å². The first-order valence-electron chi connectivity index (χ1n) is 5.03. The van der Waals surface area contributed by atoms with Gasteiger partial charge in [0.1, 0.15) is 5.56 Å². The van der Waals surface area contributed by atoms with E-state index in [1.807, 2.05) is 19.3 Å². The van der Waals surface area contributed by atoms with Crippen molar-refractivity contribution in [1.82, 2.24) is 10.6 Å². The van der Waals surface area contributed by atoms with Gasteiger partial charge in [-0.05, 0) is 6.92 Å². The van der Waals surface area contributed by atoms with Gasteiger partial charge in [0.15, 0.2) is 12.4 Å². The highest BCUT2D eigenvalue weighted by Crippen LogP contribution is 2.21. The van der Waals surface area contributed by atoms with E-state index >= 15 is 0 Å². The Morgan fingerprint density at radius 2 is 2.18 bits per heavy atom. The van der Waals surface area contributed by atoms with Crippen LogP contribution in [0.4, 0.5) is 0 Å². The molecule has 17 heavy (non-hydrogen) atoms. The van der Waals surface area contributed by atoms with E-state index < -0.39 is 18.5 Å². The summed E-state index contributed by atoms with van der Waals surface area (Å²) in [7, 11) is 0. The van der Waals surface area contributed by atoms with Crippen molar-refractivity contribution in [2.24, 2.45) is 0 Å². The van der Waals surface area contributed by atoms with Crippen LogP contribution in [0.1, 0.15) is 41.6 Å². The Morgan fingerprint density at radius 1 is 1.53 bits per heavy atom. The van der Waals surface area contributed by atoms with Crippen LogP contribution in [0.2, 0.25) is 0 Å². The highest BCUT2D eigenvalue weighted by Gasteiger charge is 2.22. The number of rotatable bonds is 5. The number of hydroxylamine groups is 1. The van der Waals surface area contributed by atoms with Crippen LogP contribution in [0.3, 0.4) is 0 Å². The first kappa shape index (κ1) is 13.2. The number of carbonyl (C=O) groups excluding carboxylic acids is 1. The summed E-state index contributed by atoms with van der Waals surface area (Å²) >= 11 is 0. The number of carboxylic acids is 1. The molecule has 0 aliphatic rings. The van der Waals surface area contributed by atoms with Crippen LogP contribution in [0, 0.1) is 6.92 Å². The van der Waals surface area contributed by atoms with Crippen molar-refractivity contribution in [3.63, 3.8) is 0 Å². The number of aryl methyl sites for hydroxylation is 1. The molecule has 0 saturated carbocycles. The quantitative estimate of drug-likeness (QED) is 0.742. The number of nitrogens with zero attached hydrogens (tertiary/aromatic N) is 1. The summed E-state index contributed by atoms with van der Waals surface area (Å²) in [5.41, 5.74) is 2.75. The lowest BCUT2D eigenvalue weighted by atomic mass is 10.1. The minimum Gasteiger partial charge on any atom is -0.479 e. The summed E-state index contributed by atoms with van der Waals surface area (Å²) < 4.78 is 5.02. The maximum absolute atomic E-state index is 11.7. The predicted octanol–water partition coefficient (Wildman–Crippen LogP) is 0.852. The molecule has 1 aromatic heterocycles. The van der Waals surface area contributed by atoms with Gasteiger partial charge in [0.2, 0.25) is 0 Å². The summed E-state index contributed by atoms with van der Waals surface area (Å²) in [5.74, 6) is -1.29. The molecule has 1 heterocycles. The molecule has 7 nitrogen and oxygen atoms in total. The molecule has 7 heteroatoms. The zero-order valence-corrected chi connectivity index (χ0v) is 9.81.